The number of piperazine rings is 1. The molecule has 2 heterocycles. The molecule has 5 heteroatoms. The van der Waals surface area contributed by atoms with E-state index in [1.54, 1.807) is 12.1 Å². The first-order valence-corrected chi connectivity index (χ1v) is 6.45. The van der Waals surface area contributed by atoms with Gasteiger partial charge in [-0.3, -0.25) is 4.79 Å². The van der Waals surface area contributed by atoms with E-state index in [9.17, 15) is 9.90 Å². The van der Waals surface area contributed by atoms with Crippen molar-refractivity contribution in [3.8, 4) is 5.75 Å². The molecule has 0 bridgehead atoms. The van der Waals surface area contributed by atoms with E-state index in [0.717, 1.165) is 37.1 Å². The molecule has 1 saturated heterocycles. The van der Waals surface area contributed by atoms with Gasteiger partial charge in [0.1, 0.15) is 11.4 Å². The fourth-order valence-corrected chi connectivity index (χ4v) is 2.55. The third kappa shape index (κ3) is 2.06. The molecule has 1 aliphatic rings. The average molecular weight is 259 g/mol. The van der Waals surface area contributed by atoms with E-state index in [1.165, 1.54) is 0 Å². The van der Waals surface area contributed by atoms with Gasteiger partial charge in [0.25, 0.3) is 5.91 Å². The quantitative estimate of drug-likeness (QED) is 0.801. The zero-order valence-corrected chi connectivity index (χ0v) is 10.9. The number of fused-ring (bicyclic) bond motifs is 1. The van der Waals surface area contributed by atoms with Gasteiger partial charge in [-0.2, -0.15) is 0 Å². The zero-order chi connectivity index (χ0) is 13.4. The molecule has 0 spiro atoms. The lowest BCUT2D eigenvalue weighted by molar-refractivity contribution is 0.0726. The van der Waals surface area contributed by atoms with Crippen LogP contribution < -0.4 is 5.32 Å². The van der Waals surface area contributed by atoms with Crippen LogP contribution in [-0.2, 0) is 7.05 Å². The smallest absolute Gasteiger partial charge is 0.270 e. The van der Waals surface area contributed by atoms with Gasteiger partial charge >= 0.3 is 0 Å². The van der Waals surface area contributed by atoms with Gasteiger partial charge in [-0.15, -0.1) is 0 Å². The molecule has 0 unspecified atom stereocenters. The molecule has 19 heavy (non-hydrogen) atoms. The molecule has 1 aromatic carbocycles. The largest absolute Gasteiger partial charge is 0.508 e. The number of rotatable bonds is 1. The molecule has 2 aromatic rings. The van der Waals surface area contributed by atoms with Crippen molar-refractivity contribution in [1.82, 2.24) is 14.8 Å². The molecular weight excluding hydrogens is 242 g/mol. The molecule has 2 N–H and O–H groups in total. The highest BCUT2D eigenvalue weighted by molar-refractivity contribution is 5.99. The van der Waals surface area contributed by atoms with Crippen molar-refractivity contribution >= 4 is 16.8 Å². The normalized spacial score (nSPS) is 15.9. The minimum absolute atomic E-state index is 0.0553. The summed E-state index contributed by atoms with van der Waals surface area (Å²) in [7, 11) is 1.86. The summed E-state index contributed by atoms with van der Waals surface area (Å²) in [6.45, 7) is 3.17. The molecule has 1 aromatic heterocycles. The van der Waals surface area contributed by atoms with Gasteiger partial charge in [0.05, 0.1) is 5.52 Å². The van der Waals surface area contributed by atoms with Gasteiger partial charge in [-0.05, 0) is 18.2 Å². The molecule has 5 nitrogen and oxygen atoms in total. The van der Waals surface area contributed by atoms with Crippen LogP contribution in [0.5, 0.6) is 5.75 Å². The number of aromatic nitrogens is 1. The van der Waals surface area contributed by atoms with Gasteiger partial charge < -0.3 is 19.9 Å². The standard InChI is InChI=1S/C14H17N3O2/c1-16-12-9-11(18)3-2-10(12)8-13(16)14(19)17-6-4-15-5-7-17/h2-3,8-9,15,18H,4-7H2,1H3. The van der Waals surface area contributed by atoms with Crippen LogP contribution in [0.4, 0.5) is 0 Å². The molecular formula is C14H17N3O2. The second kappa shape index (κ2) is 4.59. The fourth-order valence-electron chi connectivity index (χ4n) is 2.55. The first kappa shape index (κ1) is 12.0. The predicted octanol–water partition coefficient (Wildman–Crippen LogP) is 0.929. The molecule has 0 saturated carbocycles. The number of aromatic hydroxyl groups is 1. The number of aryl methyl sites for hydroxylation is 1. The third-order valence-corrected chi connectivity index (χ3v) is 3.65. The number of hydrogen-bond donors (Lipinski definition) is 2. The molecule has 0 atom stereocenters. The Labute approximate surface area is 111 Å². The van der Waals surface area contributed by atoms with E-state index in [-0.39, 0.29) is 11.7 Å². The lowest BCUT2D eigenvalue weighted by atomic mass is 10.2. The number of carbonyl (C=O) groups excluding carboxylic acids is 1. The lowest BCUT2D eigenvalue weighted by Crippen LogP contribution is -2.46. The predicted molar refractivity (Wildman–Crippen MR) is 73.4 cm³/mol. The van der Waals surface area contributed by atoms with Crippen LogP contribution in [0.15, 0.2) is 24.3 Å². The van der Waals surface area contributed by atoms with Crippen LogP contribution in [0.3, 0.4) is 0 Å². The highest BCUT2D eigenvalue weighted by Crippen LogP contribution is 2.23. The summed E-state index contributed by atoms with van der Waals surface area (Å²) in [6, 6.07) is 7.05. The van der Waals surface area contributed by atoms with Gasteiger partial charge in [-0.1, -0.05) is 0 Å². The first-order chi connectivity index (χ1) is 9.16. The van der Waals surface area contributed by atoms with E-state index < -0.39 is 0 Å². The Morgan fingerprint density at radius 1 is 1.26 bits per heavy atom. The van der Waals surface area contributed by atoms with Crippen LogP contribution in [-0.4, -0.2) is 46.7 Å². The second-order valence-electron chi connectivity index (χ2n) is 4.87. The van der Waals surface area contributed by atoms with Crippen molar-refractivity contribution in [2.24, 2.45) is 7.05 Å². The van der Waals surface area contributed by atoms with Gasteiger partial charge in [0.2, 0.25) is 0 Å². The number of carbonyl (C=O) groups is 1. The summed E-state index contributed by atoms with van der Waals surface area (Å²) < 4.78 is 1.85. The SMILES string of the molecule is Cn1c(C(=O)N2CCNCC2)cc2ccc(O)cc21. The summed E-state index contributed by atoms with van der Waals surface area (Å²) in [5, 5.41) is 13.7. The summed E-state index contributed by atoms with van der Waals surface area (Å²) in [6.07, 6.45) is 0. The van der Waals surface area contributed by atoms with Crippen molar-refractivity contribution < 1.29 is 9.90 Å². The molecule has 1 amide bonds. The Bertz CT molecular complexity index is 627. The van der Waals surface area contributed by atoms with E-state index in [1.807, 2.05) is 28.6 Å². The van der Waals surface area contributed by atoms with E-state index >= 15 is 0 Å². The fraction of sp³-hybridized carbons (Fsp3) is 0.357. The topological polar surface area (TPSA) is 57.5 Å². The molecule has 3 rings (SSSR count). The summed E-state index contributed by atoms with van der Waals surface area (Å²) in [4.78, 5) is 14.4. The first-order valence-electron chi connectivity index (χ1n) is 6.45. The Morgan fingerprint density at radius 3 is 2.74 bits per heavy atom. The van der Waals surface area contributed by atoms with Gasteiger partial charge in [-0.25, -0.2) is 0 Å². The van der Waals surface area contributed by atoms with Crippen molar-refractivity contribution in [1.29, 1.82) is 0 Å². The molecule has 0 aliphatic carbocycles. The zero-order valence-electron chi connectivity index (χ0n) is 10.9. The maximum Gasteiger partial charge on any atom is 0.270 e. The Hall–Kier alpha value is -2.01. The van der Waals surface area contributed by atoms with Crippen molar-refractivity contribution in [2.75, 3.05) is 26.2 Å². The lowest BCUT2D eigenvalue weighted by Gasteiger charge is -2.27. The molecule has 1 fully saturated rings. The molecule has 0 radical (unpaired) electrons. The highest BCUT2D eigenvalue weighted by atomic mass is 16.3. The maximum atomic E-state index is 12.5. The summed E-state index contributed by atoms with van der Waals surface area (Å²) >= 11 is 0. The number of nitrogens with one attached hydrogen (secondary N) is 1. The van der Waals surface area contributed by atoms with Gasteiger partial charge in [0, 0.05) is 44.7 Å². The van der Waals surface area contributed by atoms with Crippen molar-refractivity contribution in [3.63, 3.8) is 0 Å². The van der Waals surface area contributed by atoms with Crippen molar-refractivity contribution in [2.45, 2.75) is 0 Å². The van der Waals surface area contributed by atoms with Crippen LogP contribution in [0.1, 0.15) is 10.5 Å². The van der Waals surface area contributed by atoms with E-state index in [2.05, 4.69) is 5.32 Å². The number of phenolic OH excluding ortho intramolecular Hbond substituents is 1. The van der Waals surface area contributed by atoms with Crippen molar-refractivity contribution in [3.05, 3.63) is 30.0 Å². The number of hydrogen-bond acceptors (Lipinski definition) is 3. The van der Waals surface area contributed by atoms with Crippen LogP contribution >= 0.6 is 0 Å². The highest BCUT2D eigenvalue weighted by Gasteiger charge is 2.21. The Balaban J connectivity index is 2.00. The second-order valence-corrected chi connectivity index (χ2v) is 4.87. The van der Waals surface area contributed by atoms with E-state index in [4.69, 9.17) is 0 Å². The molecule has 1 aliphatic heterocycles. The number of nitrogens with zero attached hydrogens (tertiary/aromatic N) is 2. The van der Waals surface area contributed by atoms with E-state index in [0.29, 0.717) is 5.69 Å². The number of phenols is 1. The number of amides is 1. The summed E-state index contributed by atoms with van der Waals surface area (Å²) in [5.41, 5.74) is 1.54. The minimum Gasteiger partial charge on any atom is -0.508 e. The van der Waals surface area contributed by atoms with Crippen LogP contribution in [0.25, 0.3) is 10.9 Å². The third-order valence-electron chi connectivity index (χ3n) is 3.65. The molecule has 100 valence electrons. The maximum absolute atomic E-state index is 12.5. The van der Waals surface area contributed by atoms with Gasteiger partial charge in [0.15, 0.2) is 0 Å². The monoisotopic (exact) mass is 259 g/mol. The Kier molecular flexibility index (Phi) is 2.91. The summed E-state index contributed by atoms with van der Waals surface area (Å²) in [5.74, 6) is 0.273. The average Bonchev–Trinajstić information content (AvgIpc) is 2.76. The number of benzene rings is 1. The Morgan fingerprint density at radius 2 is 2.00 bits per heavy atom. The van der Waals surface area contributed by atoms with Crippen LogP contribution in [0, 0.1) is 0 Å². The van der Waals surface area contributed by atoms with Crippen LogP contribution in [0.2, 0.25) is 0 Å². The minimum atomic E-state index is 0.0553.